The van der Waals surface area contributed by atoms with Crippen LogP contribution in [0.25, 0.3) is 0 Å². The number of hydrogen-bond acceptors (Lipinski definition) is 1. The maximum atomic E-state index is 6.07. The zero-order valence-electron chi connectivity index (χ0n) is 8.79. The Balaban J connectivity index is 2.57. The Morgan fingerprint density at radius 1 is 1.36 bits per heavy atom. The van der Waals surface area contributed by atoms with Gasteiger partial charge in [-0.05, 0) is 30.9 Å². The predicted molar refractivity (Wildman–Crippen MR) is 61.2 cm³/mol. The van der Waals surface area contributed by atoms with Crippen LogP contribution in [0.5, 0.6) is 5.75 Å². The molecule has 0 N–H and O–H groups in total. The van der Waals surface area contributed by atoms with Crippen molar-refractivity contribution in [3.05, 3.63) is 29.8 Å². The van der Waals surface area contributed by atoms with Crippen LogP contribution in [0.2, 0.25) is 0 Å². The minimum Gasteiger partial charge on any atom is -0.496 e. The SMILES string of the molecule is CCC(Cl)CCc1ccccc1OC. The third-order valence-corrected chi connectivity index (χ3v) is 2.89. The van der Waals surface area contributed by atoms with Gasteiger partial charge in [-0.2, -0.15) is 0 Å². The lowest BCUT2D eigenvalue weighted by molar-refractivity contribution is 0.409. The van der Waals surface area contributed by atoms with Crippen LogP contribution in [0.1, 0.15) is 25.3 Å². The van der Waals surface area contributed by atoms with E-state index in [0.717, 1.165) is 25.0 Å². The molecule has 1 atom stereocenters. The predicted octanol–water partition coefficient (Wildman–Crippen LogP) is 3.65. The van der Waals surface area contributed by atoms with Gasteiger partial charge in [0.1, 0.15) is 5.75 Å². The first-order chi connectivity index (χ1) is 6.77. The smallest absolute Gasteiger partial charge is 0.122 e. The molecule has 0 spiro atoms. The summed E-state index contributed by atoms with van der Waals surface area (Å²) in [7, 11) is 1.71. The number of hydrogen-bond donors (Lipinski definition) is 0. The first kappa shape index (κ1) is 11.4. The van der Waals surface area contributed by atoms with E-state index in [2.05, 4.69) is 13.0 Å². The van der Waals surface area contributed by atoms with Crippen LogP contribution in [-0.2, 0) is 6.42 Å². The highest BCUT2D eigenvalue weighted by Crippen LogP contribution is 2.21. The second-order valence-corrected chi connectivity index (χ2v) is 3.97. The summed E-state index contributed by atoms with van der Waals surface area (Å²) in [4.78, 5) is 0. The lowest BCUT2D eigenvalue weighted by Gasteiger charge is -2.09. The van der Waals surface area contributed by atoms with Gasteiger partial charge in [0, 0.05) is 5.38 Å². The van der Waals surface area contributed by atoms with Crippen LogP contribution < -0.4 is 4.74 Å². The summed E-state index contributed by atoms with van der Waals surface area (Å²) in [5.74, 6) is 0.965. The zero-order valence-corrected chi connectivity index (χ0v) is 9.55. The molecule has 0 saturated heterocycles. The largest absolute Gasteiger partial charge is 0.496 e. The molecular weight excluding hydrogens is 196 g/mol. The summed E-state index contributed by atoms with van der Waals surface area (Å²) in [6.45, 7) is 2.11. The van der Waals surface area contributed by atoms with Crippen molar-refractivity contribution in [1.29, 1.82) is 0 Å². The molecule has 0 aliphatic rings. The normalized spacial score (nSPS) is 12.5. The first-order valence-corrected chi connectivity index (χ1v) is 5.47. The number of para-hydroxylation sites is 1. The van der Waals surface area contributed by atoms with Gasteiger partial charge >= 0.3 is 0 Å². The van der Waals surface area contributed by atoms with Crippen LogP contribution in [0.15, 0.2) is 24.3 Å². The van der Waals surface area contributed by atoms with E-state index in [4.69, 9.17) is 16.3 Å². The standard InChI is InChI=1S/C12H17ClO/c1-3-11(13)9-8-10-6-4-5-7-12(10)14-2/h4-7,11H,3,8-9H2,1-2H3. The van der Waals surface area contributed by atoms with Gasteiger partial charge in [-0.3, -0.25) is 0 Å². The van der Waals surface area contributed by atoms with Crippen LogP contribution in [0.3, 0.4) is 0 Å². The number of rotatable bonds is 5. The molecular formula is C12H17ClO. The van der Waals surface area contributed by atoms with Gasteiger partial charge in [-0.25, -0.2) is 0 Å². The molecule has 78 valence electrons. The number of ether oxygens (including phenoxy) is 1. The molecule has 14 heavy (non-hydrogen) atoms. The average molecular weight is 213 g/mol. The summed E-state index contributed by atoms with van der Waals surface area (Å²) in [6.07, 6.45) is 3.03. The summed E-state index contributed by atoms with van der Waals surface area (Å²) in [6, 6.07) is 8.11. The Morgan fingerprint density at radius 2 is 2.07 bits per heavy atom. The molecule has 2 heteroatoms. The van der Waals surface area contributed by atoms with E-state index in [1.54, 1.807) is 7.11 Å². The van der Waals surface area contributed by atoms with E-state index in [0.29, 0.717) is 0 Å². The highest BCUT2D eigenvalue weighted by Gasteiger charge is 2.05. The zero-order chi connectivity index (χ0) is 10.4. The second-order valence-electron chi connectivity index (χ2n) is 3.36. The lowest BCUT2D eigenvalue weighted by Crippen LogP contribution is -2.00. The van der Waals surface area contributed by atoms with E-state index in [1.165, 1.54) is 5.56 Å². The molecule has 1 unspecified atom stereocenters. The van der Waals surface area contributed by atoms with E-state index in [1.807, 2.05) is 18.2 Å². The van der Waals surface area contributed by atoms with E-state index < -0.39 is 0 Å². The lowest BCUT2D eigenvalue weighted by atomic mass is 10.1. The Morgan fingerprint density at radius 3 is 2.71 bits per heavy atom. The third kappa shape index (κ3) is 3.22. The van der Waals surface area contributed by atoms with E-state index in [-0.39, 0.29) is 5.38 Å². The first-order valence-electron chi connectivity index (χ1n) is 5.04. The summed E-state index contributed by atoms with van der Waals surface area (Å²) in [5, 5.41) is 0.278. The monoisotopic (exact) mass is 212 g/mol. The van der Waals surface area contributed by atoms with Crippen molar-refractivity contribution < 1.29 is 4.74 Å². The number of alkyl halides is 1. The van der Waals surface area contributed by atoms with Crippen molar-refractivity contribution in [1.82, 2.24) is 0 Å². The Labute approximate surface area is 91.0 Å². The molecule has 0 radical (unpaired) electrons. The minimum absolute atomic E-state index is 0.278. The maximum absolute atomic E-state index is 6.07. The maximum Gasteiger partial charge on any atom is 0.122 e. The third-order valence-electron chi connectivity index (χ3n) is 2.36. The molecule has 0 bridgehead atoms. The van der Waals surface area contributed by atoms with Crippen molar-refractivity contribution in [2.75, 3.05) is 7.11 Å². The fourth-order valence-electron chi connectivity index (χ4n) is 1.43. The highest BCUT2D eigenvalue weighted by molar-refractivity contribution is 6.20. The molecule has 1 aromatic carbocycles. The fraction of sp³-hybridized carbons (Fsp3) is 0.500. The minimum atomic E-state index is 0.278. The van der Waals surface area contributed by atoms with Gasteiger partial charge in [0.05, 0.1) is 7.11 Å². The van der Waals surface area contributed by atoms with Gasteiger partial charge < -0.3 is 4.74 Å². The number of benzene rings is 1. The molecule has 0 amide bonds. The van der Waals surface area contributed by atoms with Gasteiger partial charge in [0.25, 0.3) is 0 Å². The average Bonchev–Trinajstić information content (AvgIpc) is 2.26. The highest BCUT2D eigenvalue weighted by atomic mass is 35.5. The molecule has 0 aromatic heterocycles. The molecule has 0 aliphatic carbocycles. The second kappa shape index (κ2) is 5.92. The number of methoxy groups -OCH3 is 1. The molecule has 0 aliphatic heterocycles. The van der Waals surface area contributed by atoms with Crippen molar-refractivity contribution in [2.45, 2.75) is 31.6 Å². The van der Waals surface area contributed by atoms with Gasteiger partial charge in [0.2, 0.25) is 0 Å². The van der Waals surface area contributed by atoms with Gasteiger partial charge in [0.15, 0.2) is 0 Å². The summed E-state index contributed by atoms with van der Waals surface area (Å²) >= 11 is 6.07. The van der Waals surface area contributed by atoms with Crippen molar-refractivity contribution in [3.8, 4) is 5.75 Å². The summed E-state index contributed by atoms with van der Waals surface area (Å²) < 4.78 is 5.27. The van der Waals surface area contributed by atoms with Crippen LogP contribution in [0.4, 0.5) is 0 Å². The van der Waals surface area contributed by atoms with Crippen LogP contribution in [-0.4, -0.2) is 12.5 Å². The Bertz CT molecular complexity index is 273. The summed E-state index contributed by atoms with van der Waals surface area (Å²) in [5.41, 5.74) is 1.24. The van der Waals surface area contributed by atoms with Crippen LogP contribution >= 0.6 is 11.6 Å². The topological polar surface area (TPSA) is 9.23 Å². The van der Waals surface area contributed by atoms with Crippen molar-refractivity contribution in [2.24, 2.45) is 0 Å². The molecule has 1 rings (SSSR count). The van der Waals surface area contributed by atoms with E-state index >= 15 is 0 Å². The Kier molecular flexibility index (Phi) is 4.81. The number of halogens is 1. The van der Waals surface area contributed by atoms with E-state index in [9.17, 15) is 0 Å². The molecule has 0 fully saturated rings. The van der Waals surface area contributed by atoms with Gasteiger partial charge in [-0.1, -0.05) is 25.1 Å². The van der Waals surface area contributed by atoms with Crippen molar-refractivity contribution in [3.63, 3.8) is 0 Å². The molecule has 0 saturated carbocycles. The van der Waals surface area contributed by atoms with Crippen LogP contribution in [0, 0.1) is 0 Å². The molecule has 1 nitrogen and oxygen atoms in total. The molecule has 0 heterocycles. The van der Waals surface area contributed by atoms with Crippen molar-refractivity contribution >= 4 is 11.6 Å². The molecule has 1 aromatic rings. The Hall–Kier alpha value is -0.690. The van der Waals surface area contributed by atoms with Gasteiger partial charge in [-0.15, -0.1) is 11.6 Å². The fourth-order valence-corrected chi connectivity index (χ4v) is 1.53. The number of aryl methyl sites for hydroxylation is 1. The quantitative estimate of drug-likeness (QED) is 0.678.